The van der Waals surface area contributed by atoms with Crippen LogP contribution in [-0.4, -0.2) is 49.3 Å². The number of likely N-dealkylation sites (N-methyl/N-ethyl adjacent to an activating group) is 1. The minimum absolute atomic E-state index is 0.466. The molecule has 0 aromatic carbocycles. The van der Waals surface area contributed by atoms with E-state index in [0.29, 0.717) is 12.2 Å². The van der Waals surface area contributed by atoms with Gasteiger partial charge in [-0.15, -0.1) is 0 Å². The van der Waals surface area contributed by atoms with Crippen molar-refractivity contribution in [3.8, 4) is 0 Å². The number of nitrogens with zero attached hydrogens (tertiary/aromatic N) is 1. The molecule has 2 fully saturated rings. The van der Waals surface area contributed by atoms with Crippen LogP contribution in [0.15, 0.2) is 0 Å². The summed E-state index contributed by atoms with van der Waals surface area (Å²) >= 11 is 0. The third kappa shape index (κ3) is 4.87. The van der Waals surface area contributed by atoms with Crippen LogP contribution in [0.3, 0.4) is 0 Å². The molecule has 2 atom stereocenters. The Kier molecular flexibility index (Phi) is 5.46. The predicted octanol–water partition coefficient (Wildman–Crippen LogP) is 2.26. The van der Waals surface area contributed by atoms with E-state index >= 15 is 0 Å². The van der Waals surface area contributed by atoms with E-state index in [-0.39, 0.29) is 0 Å². The molecule has 2 rings (SSSR count). The molecule has 0 bridgehead atoms. The molecule has 106 valence electrons. The molecule has 0 spiro atoms. The maximum atomic E-state index is 6.15. The zero-order valence-electron chi connectivity index (χ0n) is 12.3. The molecule has 18 heavy (non-hydrogen) atoms. The average Bonchev–Trinajstić information content (AvgIpc) is 3.06. The fourth-order valence-electron chi connectivity index (χ4n) is 2.79. The van der Waals surface area contributed by atoms with E-state index in [4.69, 9.17) is 4.74 Å². The van der Waals surface area contributed by atoms with Crippen molar-refractivity contribution in [2.75, 3.05) is 26.2 Å². The molecule has 0 aromatic heterocycles. The third-order valence-corrected chi connectivity index (χ3v) is 3.94. The molecule has 1 heterocycles. The molecule has 2 aliphatic rings. The molecule has 0 amide bonds. The van der Waals surface area contributed by atoms with Crippen LogP contribution in [-0.2, 0) is 4.74 Å². The van der Waals surface area contributed by atoms with E-state index in [2.05, 4.69) is 31.0 Å². The van der Waals surface area contributed by atoms with Crippen molar-refractivity contribution in [3.05, 3.63) is 0 Å². The maximum absolute atomic E-state index is 6.15. The maximum Gasteiger partial charge on any atom is 0.0707 e. The van der Waals surface area contributed by atoms with Crippen molar-refractivity contribution in [1.29, 1.82) is 0 Å². The summed E-state index contributed by atoms with van der Waals surface area (Å²) in [7, 11) is 0. The molecule has 2 unspecified atom stereocenters. The van der Waals surface area contributed by atoms with Crippen LogP contribution in [0.2, 0.25) is 0 Å². The Morgan fingerprint density at radius 1 is 1.17 bits per heavy atom. The Bertz CT molecular complexity index is 241. The van der Waals surface area contributed by atoms with Crippen LogP contribution in [0.5, 0.6) is 0 Å². The van der Waals surface area contributed by atoms with Crippen LogP contribution >= 0.6 is 0 Å². The van der Waals surface area contributed by atoms with Crippen LogP contribution in [0.4, 0.5) is 0 Å². The highest BCUT2D eigenvalue weighted by Crippen LogP contribution is 2.23. The van der Waals surface area contributed by atoms with Gasteiger partial charge in [-0.05, 0) is 38.1 Å². The van der Waals surface area contributed by atoms with E-state index in [1.807, 2.05) is 0 Å². The van der Waals surface area contributed by atoms with Crippen LogP contribution < -0.4 is 5.32 Å². The van der Waals surface area contributed by atoms with Gasteiger partial charge in [0, 0.05) is 25.7 Å². The molecule has 1 N–H and O–H groups in total. The highest BCUT2D eigenvalue weighted by atomic mass is 16.5. The third-order valence-electron chi connectivity index (χ3n) is 3.94. The Morgan fingerprint density at radius 3 is 2.50 bits per heavy atom. The lowest BCUT2D eigenvalue weighted by molar-refractivity contribution is 0.0222. The summed E-state index contributed by atoms with van der Waals surface area (Å²) < 4.78 is 6.15. The number of ether oxygens (including phenoxy) is 1. The van der Waals surface area contributed by atoms with E-state index in [1.165, 1.54) is 32.2 Å². The topological polar surface area (TPSA) is 24.5 Å². The normalized spacial score (nSPS) is 28.5. The Morgan fingerprint density at radius 2 is 1.89 bits per heavy atom. The molecule has 3 heteroatoms. The smallest absolute Gasteiger partial charge is 0.0707 e. The van der Waals surface area contributed by atoms with Gasteiger partial charge in [0.05, 0.1) is 12.2 Å². The van der Waals surface area contributed by atoms with Gasteiger partial charge in [-0.1, -0.05) is 20.8 Å². The van der Waals surface area contributed by atoms with Crippen molar-refractivity contribution in [2.45, 2.75) is 64.7 Å². The zero-order valence-corrected chi connectivity index (χ0v) is 12.3. The molecule has 1 saturated carbocycles. The van der Waals surface area contributed by atoms with Gasteiger partial charge in [0.1, 0.15) is 0 Å². The van der Waals surface area contributed by atoms with Gasteiger partial charge in [-0.25, -0.2) is 0 Å². The summed E-state index contributed by atoms with van der Waals surface area (Å²) in [5, 5.41) is 3.58. The molecule has 1 aliphatic heterocycles. The Hall–Kier alpha value is -0.120. The van der Waals surface area contributed by atoms with E-state index in [9.17, 15) is 0 Å². The number of rotatable bonds is 8. The molecule has 0 radical (unpaired) electrons. The molecule has 1 aliphatic carbocycles. The van der Waals surface area contributed by atoms with Crippen molar-refractivity contribution in [3.63, 3.8) is 0 Å². The van der Waals surface area contributed by atoms with Gasteiger partial charge >= 0.3 is 0 Å². The van der Waals surface area contributed by atoms with Crippen LogP contribution in [0.1, 0.15) is 46.5 Å². The molecule has 0 aromatic rings. The van der Waals surface area contributed by atoms with Gasteiger partial charge < -0.3 is 15.0 Å². The van der Waals surface area contributed by atoms with E-state index in [1.54, 1.807) is 0 Å². The first-order chi connectivity index (χ1) is 8.67. The summed E-state index contributed by atoms with van der Waals surface area (Å²) in [6.07, 6.45) is 6.15. The van der Waals surface area contributed by atoms with Gasteiger partial charge in [-0.3, -0.25) is 0 Å². The first-order valence-electron chi connectivity index (χ1n) is 7.78. The molecule has 3 nitrogen and oxygen atoms in total. The lowest BCUT2D eigenvalue weighted by atomic mass is 10.1. The summed E-state index contributed by atoms with van der Waals surface area (Å²) in [4.78, 5) is 2.53. The van der Waals surface area contributed by atoms with Crippen LogP contribution in [0, 0.1) is 5.92 Å². The SMILES string of the molecule is CCN(CC(C)C)CC1CCC(CNC2CC2)O1. The summed E-state index contributed by atoms with van der Waals surface area (Å²) in [6, 6.07) is 0.806. The van der Waals surface area contributed by atoms with Crippen molar-refractivity contribution in [1.82, 2.24) is 10.2 Å². The fourth-order valence-corrected chi connectivity index (χ4v) is 2.79. The lowest BCUT2D eigenvalue weighted by Crippen LogP contribution is -2.36. The van der Waals surface area contributed by atoms with Gasteiger partial charge in [0.25, 0.3) is 0 Å². The minimum atomic E-state index is 0.466. The first kappa shape index (κ1) is 14.3. The van der Waals surface area contributed by atoms with Gasteiger partial charge in [-0.2, -0.15) is 0 Å². The van der Waals surface area contributed by atoms with E-state index in [0.717, 1.165) is 31.6 Å². The predicted molar refractivity (Wildman–Crippen MR) is 75.9 cm³/mol. The summed E-state index contributed by atoms with van der Waals surface area (Å²) in [6.45, 7) is 11.4. The number of hydrogen-bond donors (Lipinski definition) is 1. The Labute approximate surface area is 112 Å². The highest BCUT2D eigenvalue weighted by molar-refractivity contribution is 4.84. The first-order valence-corrected chi connectivity index (χ1v) is 7.78. The number of hydrogen-bond acceptors (Lipinski definition) is 3. The number of nitrogens with one attached hydrogen (secondary N) is 1. The Balaban J connectivity index is 1.63. The van der Waals surface area contributed by atoms with Crippen molar-refractivity contribution in [2.24, 2.45) is 5.92 Å². The second kappa shape index (κ2) is 6.88. The monoisotopic (exact) mass is 254 g/mol. The quantitative estimate of drug-likeness (QED) is 0.719. The second-order valence-corrected chi connectivity index (χ2v) is 6.39. The van der Waals surface area contributed by atoms with Gasteiger partial charge in [0.2, 0.25) is 0 Å². The molecular formula is C15H30N2O. The summed E-state index contributed by atoms with van der Waals surface area (Å²) in [5.74, 6) is 0.749. The van der Waals surface area contributed by atoms with Crippen LogP contribution in [0.25, 0.3) is 0 Å². The van der Waals surface area contributed by atoms with Crippen molar-refractivity contribution < 1.29 is 4.74 Å². The minimum Gasteiger partial charge on any atom is -0.372 e. The van der Waals surface area contributed by atoms with E-state index < -0.39 is 0 Å². The van der Waals surface area contributed by atoms with Crippen molar-refractivity contribution >= 4 is 0 Å². The largest absolute Gasteiger partial charge is 0.372 e. The van der Waals surface area contributed by atoms with Gasteiger partial charge in [0.15, 0.2) is 0 Å². The second-order valence-electron chi connectivity index (χ2n) is 6.39. The molecular weight excluding hydrogens is 224 g/mol. The fraction of sp³-hybridized carbons (Fsp3) is 1.00. The average molecular weight is 254 g/mol. The zero-order chi connectivity index (χ0) is 13.0. The lowest BCUT2D eigenvalue weighted by Gasteiger charge is -2.25. The standard InChI is InChI=1S/C15H30N2O/c1-4-17(10-12(2)3)11-15-8-7-14(18-15)9-16-13-5-6-13/h12-16H,4-11H2,1-3H3. The highest BCUT2D eigenvalue weighted by Gasteiger charge is 2.28. The molecule has 1 saturated heterocycles. The summed E-state index contributed by atoms with van der Waals surface area (Å²) in [5.41, 5.74) is 0.